The number of carbonyl (C=O) groups excluding carboxylic acids is 2. The van der Waals surface area contributed by atoms with Crippen LogP contribution in [0.5, 0.6) is 0 Å². The zero-order valence-electron chi connectivity index (χ0n) is 9.78. The number of amides is 2. The minimum absolute atomic E-state index is 0. The van der Waals surface area contributed by atoms with Crippen LogP contribution in [0.2, 0.25) is 0 Å². The third-order valence-corrected chi connectivity index (χ3v) is 3.65. The number of benzene rings is 1. The van der Waals surface area contributed by atoms with Crippen molar-refractivity contribution in [2.24, 2.45) is 0 Å². The Balaban J connectivity index is 0.00000162. The molecule has 1 unspecified atom stereocenters. The summed E-state index contributed by atoms with van der Waals surface area (Å²) >= 11 is 0. The molecular weight excluding hydrogens is 285 g/mol. The Kier molecular flexibility index (Phi) is 4.87. The Morgan fingerprint density at radius 3 is 1.83 bits per heavy atom. The number of rotatable bonds is 2. The van der Waals surface area contributed by atoms with Crippen LogP contribution >= 0.6 is 0 Å². The summed E-state index contributed by atoms with van der Waals surface area (Å²) in [6.45, 7) is 1.02. The molecule has 2 amide bonds. The van der Waals surface area contributed by atoms with Gasteiger partial charge in [-0.15, -0.1) is 0 Å². The molecule has 0 saturated carbocycles. The number of hydrogen-bond donors (Lipinski definition) is 0. The fourth-order valence-corrected chi connectivity index (χ4v) is 2.12. The minimum atomic E-state index is -4.74. The van der Waals surface area contributed by atoms with Gasteiger partial charge in [-0.1, -0.05) is 12.1 Å². The molecule has 1 aliphatic heterocycles. The molecule has 2 rings (SSSR count). The summed E-state index contributed by atoms with van der Waals surface area (Å²) in [5.74, 6) is -1.50. The number of fused-ring (bicyclic) bond motifs is 1. The topological polar surface area (TPSA) is 94.6 Å². The Hall–Kier alpha value is -0.0936. The Morgan fingerprint density at radius 1 is 1.11 bits per heavy atom. The van der Waals surface area contributed by atoms with Crippen LogP contribution in [0.4, 0.5) is 0 Å². The van der Waals surface area contributed by atoms with Crippen molar-refractivity contribution in [3.63, 3.8) is 0 Å². The van der Waals surface area contributed by atoms with Crippen molar-refractivity contribution < 1.29 is 73.9 Å². The minimum Gasteiger partial charge on any atom is -0.746 e. The Labute approximate surface area is 147 Å². The first-order chi connectivity index (χ1) is 7.84. The van der Waals surface area contributed by atoms with Crippen molar-refractivity contribution in [3.8, 4) is 0 Å². The summed E-state index contributed by atoms with van der Waals surface area (Å²) in [5.41, 5.74) is 0.237. The van der Waals surface area contributed by atoms with Gasteiger partial charge in [0.1, 0.15) is 15.5 Å². The smallest absolute Gasteiger partial charge is 0.746 e. The molecule has 0 aliphatic carbocycles. The zero-order valence-corrected chi connectivity index (χ0v) is 13.7. The van der Waals surface area contributed by atoms with E-state index in [1.807, 2.05) is 0 Å². The van der Waals surface area contributed by atoms with E-state index in [2.05, 4.69) is 0 Å². The Bertz CT molecular complexity index is 577. The van der Waals surface area contributed by atoms with Gasteiger partial charge in [-0.2, -0.15) is 0 Å². The van der Waals surface area contributed by atoms with Crippen molar-refractivity contribution in [1.29, 1.82) is 0 Å². The molecule has 0 fully saturated rings. The van der Waals surface area contributed by atoms with E-state index in [1.165, 1.54) is 12.1 Å². The van der Waals surface area contributed by atoms with E-state index < -0.39 is 27.3 Å². The van der Waals surface area contributed by atoms with Crippen LogP contribution in [0.3, 0.4) is 0 Å². The van der Waals surface area contributed by atoms with E-state index in [0.717, 1.165) is 6.92 Å². The Morgan fingerprint density at radius 2 is 1.50 bits per heavy atom. The summed E-state index contributed by atoms with van der Waals surface area (Å²) in [6, 6.07) is 5.95. The molecular formula is C10H8KNO5S. The molecule has 8 heteroatoms. The summed E-state index contributed by atoms with van der Waals surface area (Å²) in [5, 5.41) is -1.70. The van der Waals surface area contributed by atoms with Gasteiger partial charge in [0.2, 0.25) is 0 Å². The van der Waals surface area contributed by atoms with Crippen LogP contribution in [0.1, 0.15) is 27.6 Å². The molecule has 1 aromatic rings. The quantitative estimate of drug-likeness (QED) is 0.333. The second-order valence-electron chi connectivity index (χ2n) is 3.62. The van der Waals surface area contributed by atoms with Gasteiger partial charge < -0.3 is 4.55 Å². The van der Waals surface area contributed by atoms with Crippen LogP contribution in [0.25, 0.3) is 0 Å². The van der Waals surface area contributed by atoms with Gasteiger partial charge in [-0.25, -0.2) is 8.42 Å². The maximum atomic E-state index is 11.8. The summed E-state index contributed by atoms with van der Waals surface area (Å²) in [7, 11) is -4.74. The molecule has 18 heavy (non-hydrogen) atoms. The van der Waals surface area contributed by atoms with Crippen LogP contribution in [-0.2, 0) is 10.1 Å². The molecule has 6 nitrogen and oxygen atoms in total. The van der Waals surface area contributed by atoms with Gasteiger partial charge in [-0.05, 0) is 19.1 Å². The number of carbonyl (C=O) groups is 2. The van der Waals surface area contributed by atoms with Gasteiger partial charge in [0.25, 0.3) is 11.8 Å². The molecule has 0 bridgehead atoms. The molecule has 0 radical (unpaired) electrons. The average molecular weight is 293 g/mol. The van der Waals surface area contributed by atoms with Crippen molar-refractivity contribution in [1.82, 2.24) is 4.90 Å². The molecule has 1 atom stereocenters. The first-order valence-electron chi connectivity index (χ1n) is 4.75. The monoisotopic (exact) mass is 293 g/mol. The van der Waals surface area contributed by atoms with Crippen molar-refractivity contribution in [2.75, 3.05) is 0 Å². The van der Waals surface area contributed by atoms with Crippen LogP contribution < -0.4 is 51.4 Å². The molecule has 0 N–H and O–H groups in total. The normalized spacial score (nSPS) is 16.2. The third-order valence-electron chi connectivity index (χ3n) is 2.61. The molecule has 90 valence electrons. The predicted molar refractivity (Wildman–Crippen MR) is 56.1 cm³/mol. The van der Waals surface area contributed by atoms with E-state index in [-0.39, 0.29) is 62.5 Å². The molecule has 0 saturated heterocycles. The maximum absolute atomic E-state index is 11.8. The summed E-state index contributed by atoms with van der Waals surface area (Å²) in [6.07, 6.45) is 0. The zero-order chi connectivity index (χ0) is 12.8. The van der Waals surface area contributed by atoms with Crippen LogP contribution in [-0.4, -0.2) is 35.1 Å². The fraction of sp³-hybridized carbons (Fsp3) is 0.200. The largest absolute Gasteiger partial charge is 1.00 e. The first-order valence-corrected chi connectivity index (χ1v) is 6.23. The van der Waals surface area contributed by atoms with E-state index in [4.69, 9.17) is 0 Å². The standard InChI is InChI=1S/C10H9NO5S.K/c1-6(17(14,15)16)11-9(12)7-4-2-3-5-8(7)10(11)13;/h2-6H,1H3,(H,14,15,16);/q;+1/p-1. The van der Waals surface area contributed by atoms with E-state index in [1.54, 1.807) is 12.1 Å². The summed E-state index contributed by atoms with van der Waals surface area (Å²) < 4.78 is 32.6. The number of imide groups is 1. The average Bonchev–Trinajstić information content (AvgIpc) is 2.51. The third kappa shape index (κ3) is 2.59. The summed E-state index contributed by atoms with van der Waals surface area (Å²) in [4.78, 5) is 24.1. The predicted octanol–water partition coefficient (Wildman–Crippen LogP) is -2.82. The fourth-order valence-electron chi connectivity index (χ4n) is 1.67. The maximum Gasteiger partial charge on any atom is 1.00 e. The van der Waals surface area contributed by atoms with E-state index in [9.17, 15) is 22.6 Å². The van der Waals surface area contributed by atoms with Gasteiger partial charge in [0.15, 0.2) is 0 Å². The molecule has 0 aromatic heterocycles. The van der Waals surface area contributed by atoms with Crippen LogP contribution in [0.15, 0.2) is 24.3 Å². The number of nitrogens with zero attached hydrogens (tertiary/aromatic N) is 1. The first kappa shape index (κ1) is 16.0. The van der Waals surface area contributed by atoms with Crippen molar-refractivity contribution in [3.05, 3.63) is 35.4 Å². The molecule has 0 spiro atoms. The van der Waals surface area contributed by atoms with Gasteiger partial charge in [-0.3, -0.25) is 14.5 Å². The van der Waals surface area contributed by atoms with Gasteiger partial charge >= 0.3 is 51.4 Å². The second kappa shape index (κ2) is 5.49. The van der Waals surface area contributed by atoms with E-state index in [0.29, 0.717) is 4.90 Å². The second-order valence-corrected chi connectivity index (χ2v) is 5.29. The van der Waals surface area contributed by atoms with Crippen molar-refractivity contribution in [2.45, 2.75) is 12.3 Å². The molecule has 1 aromatic carbocycles. The van der Waals surface area contributed by atoms with Crippen molar-refractivity contribution >= 4 is 21.9 Å². The molecule has 1 aliphatic rings. The molecule has 1 heterocycles. The SMILES string of the molecule is CC(N1C(=O)c2ccccc2C1=O)S(=O)(=O)[O-].[K+]. The van der Waals surface area contributed by atoms with E-state index >= 15 is 0 Å². The van der Waals surface area contributed by atoms with Gasteiger partial charge in [0, 0.05) is 0 Å². The van der Waals surface area contributed by atoms with Gasteiger partial charge in [0.05, 0.1) is 11.1 Å². The van der Waals surface area contributed by atoms with Crippen LogP contribution in [0, 0.1) is 0 Å². The number of hydrogen-bond acceptors (Lipinski definition) is 5.